The average Bonchev–Trinajstić information content (AvgIpc) is 2.58. The van der Waals surface area contributed by atoms with E-state index < -0.39 is 12.6 Å². The first kappa shape index (κ1) is 21.7. The lowest BCUT2D eigenvalue weighted by atomic mass is 10.2. The summed E-state index contributed by atoms with van der Waals surface area (Å²) in [6, 6.07) is 7.84. The van der Waals surface area contributed by atoms with Gasteiger partial charge in [-0.05, 0) is 24.3 Å². The summed E-state index contributed by atoms with van der Waals surface area (Å²) in [5.41, 5.74) is 1.11. The summed E-state index contributed by atoms with van der Waals surface area (Å²) in [5, 5.41) is 2.79. The molecule has 0 bridgehead atoms. The van der Waals surface area contributed by atoms with E-state index in [1.807, 2.05) is 29.2 Å². The zero-order valence-corrected chi connectivity index (χ0v) is 16.7. The summed E-state index contributed by atoms with van der Waals surface area (Å²) in [6.07, 6.45) is -5.02. The summed E-state index contributed by atoms with van der Waals surface area (Å²) in [5.74, 6) is 1.33. The minimum atomic E-state index is -4.15. The van der Waals surface area contributed by atoms with Gasteiger partial charge in [0, 0.05) is 45.5 Å². The van der Waals surface area contributed by atoms with Gasteiger partial charge in [0.15, 0.2) is 5.96 Å². The third kappa shape index (κ3) is 6.79. The highest BCUT2D eigenvalue weighted by atomic mass is 127. The van der Waals surface area contributed by atoms with E-state index in [9.17, 15) is 13.2 Å². The van der Waals surface area contributed by atoms with Crippen molar-refractivity contribution in [1.29, 1.82) is 0 Å². The van der Waals surface area contributed by atoms with Crippen LogP contribution in [-0.4, -0.2) is 63.9 Å². The van der Waals surface area contributed by atoms with E-state index in [2.05, 4.69) is 15.2 Å². The van der Waals surface area contributed by atoms with Crippen molar-refractivity contribution in [2.45, 2.75) is 12.6 Å². The van der Waals surface area contributed by atoms with Crippen LogP contribution in [0.3, 0.4) is 0 Å². The van der Waals surface area contributed by atoms with E-state index in [-0.39, 0.29) is 30.5 Å². The maximum Gasteiger partial charge on any atom is 0.390 e. The molecule has 1 fully saturated rings. The Balaban J connectivity index is 0.00000312. The lowest BCUT2D eigenvalue weighted by Gasteiger charge is -2.37. The van der Waals surface area contributed by atoms with Crippen molar-refractivity contribution >= 4 is 35.6 Å². The highest BCUT2D eigenvalue weighted by molar-refractivity contribution is 14.0. The fourth-order valence-corrected chi connectivity index (χ4v) is 2.62. The second-order valence-corrected chi connectivity index (χ2v) is 5.51. The highest BCUT2D eigenvalue weighted by Gasteiger charge is 2.27. The third-order valence-corrected chi connectivity index (χ3v) is 3.92. The van der Waals surface area contributed by atoms with Gasteiger partial charge in [-0.1, -0.05) is 0 Å². The van der Waals surface area contributed by atoms with Gasteiger partial charge in [-0.2, -0.15) is 13.2 Å². The SMILES string of the molecule is CN=C(NCCC(F)(F)F)N1CCN(c2ccc(OC)cc2)CC1.I. The molecule has 1 aromatic rings. The topological polar surface area (TPSA) is 40.1 Å². The summed E-state index contributed by atoms with van der Waals surface area (Å²) in [7, 11) is 3.22. The monoisotopic (exact) mass is 472 g/mol. The van der Waals surface area contributed by atoms with Crippen LogP contribution in [-0.2, 0) is 0 Å². The second-order valence-electron chi connectivity index (χ2n) is 5.51. The number of benzene rings is 1. The first-order chi connectivity index (χ1) is 11.4. The summed E-state index contributed by atoms with van der Waals surface area (Å²) in [6.45, 7) is 2.82. The Bertz CT molecular complexity index is 543. The minimum absolute atomic E-state index is 0. The Morgan fingerprint density at radius 3 is 2.24 bits per heavy atom. The predicted octanol–water partition coefficient (Wildman–Crippen LogP) is 2.96. The number of guanidine groups is 1. The number of nitrogens with one attached hydrogen (secondary N) is 1. The number of hydrogen-bond acceptors (Lipinski definition) is 3. The van der Waals surface area contributed by atoms with E-state index in [0.717, 1.165) is 24.5 Å². The first-order valence-electron chi connectivity index (χ1n) is 7.84. The van der Waals surface area contributed by atoms with Crippen LogP contribution in [0.5, 0.6) is 5.75 Å². The number of halogens is 4. The molecule has 1 saturated heterocycles. The maximum atomic E-state index is 12.2. The van der Waals surface area contributed by atoms with Crippen molar-refractivity contribution in [2.75, 3.05) is 51.8 Å². The van der Waals surface area contributed by atoms with Gasteiger partial charge in [-0.15, -0.1) is 24.0 Å². The molecule has 142 valence electrons. The van der Waals surface area contributed by atoms with E-state index in [1.165, 1.54) is 0 Å². The molecule has 0 unspecified atom stereocenters. The number of methoxy groups -OCH3 is 1. The number of piperazine rings is 1. The van der Waals surface area contributed by atoms with Gasteiger partial charge < -0.3 is 19.9 Å². The molecule has 5 nitrogen and oxygen atoms in total. The van der Waals surface area contributed by atoms with Crippen LogP contribution in [0.4, 0.5) is 18.9 Å². The van der Waals surface area contributed by atoms with Gasteiger partial charge in [0.1, 0.15) is 5.75 Å². The van der Waals surface area contributed by atoms with E-state index in [1.54, 1.807) is 14.2 Å². The zero-order valence-electron chi connectivity index (χ0n) is 14.3. The number of nitrogens with zero attached hydrogens (tertiary/aromatic N) is 3. The van der Waals surface area contributed by atoms with Gasteiger partial charge in [-0.25, -0.2) is 0 Å². The minimum Gasteiger partial charge on any atom is -0.497 e. The molecular weight excluding hydrogens is 448 g/mol. The standard InChI is InChI=1S/C16H23F3N4O.HI/c1-20-15(21-8-7-16(17,18)19)23-11-9-22(10-12-23)13-3-5-14(24-2)6-4-13;/h3-6H,7-12H2,1-2H3,(H,20,21);1H. The number of ether oxygens (including phenoxy) is 1. The summed E-state index contributed by atoms with van der Waals surface area (Å²) < 4.78 is 41.9. The number of anilines is 1. The predicted molar refractivity (Wildman–Crippen MR) is 104 cm³/mol. The van der Waals surface area contributed by atoms with Crippen molar-refractivity contribution < 1.29 is 17.9 Å². The van der Waals surface area contributed by atoms with Crippen molar-refractivity contribution in [3.63, 3.8) is 0 Å². The Morgan fingerprint density at radius 1 is 1.16 bits per heavy atom. The molecular formula is C16H24F3IN4O. The normalized spacial score (nSPS) is 15.6. The van der Waals surface area contributed by atoms with E-state index in [0.29, 0.717) is 19.0 Å². The van der Waals surface area contributed by atoms with Crippen LogP contribution in [0.25, 0.3) is 0 Å². The number of rotatable bonds is 4. The maximum absolute atomic E-state index is 12.2. The van der Waals surface area contributed by atoms with Crippen molar-refractivity contribution in [3.05, 3.63) is 24.3 Å². The fraction of sp³-hybridized carbons (Fsp3) is 0.562. The summed E-state index contributed by atoms with van der Waals surface area (Å²) >= 11 is 0. The van der Waals surface area contributed by atoms with Crippen molar-refractivity contribution in [2.24, 2.45) is 4.99 Å². The number of hydrogen-bond donors (Lipinski definition) is 1. The van der Waals surface area contributed by atoms with E-state index >= 15 is 0 Å². The van der Waals surface area contributed by atoms with E-state index in [4.69, 9.17) is 4.74 Å². The largest absolute Gasteiger partial charge is 0.497 e. The molecule has 0 atom stereocenters. The van der Waals surface area contributed by atoms with Gasteiger partial charge in [0.05, 0.1) is 13.5 Å². The van der Waals surface area contributed by atoms with Crippen molar-refractivity contribution in [3.8, 4) is 5.75 Å². The van der Waals surface area contributed by atoms with Crippen LogP contribution in [0.15, 0.2) is 29.3 Å². The first-order valence-corrected chi connectivity index (χ1v) is 7.84. The zero-order chi connectivity index (χ0) is 17.6. The molecule has 1 aromatic carbocycles. The molecule has 9 heteroatoms. The molecule has 1 N–H and O–H groups in total. The van der Waals surface area contributed by atoms with Crippen LogP contribution in [0, 0.1) is 0 Å². The molecule has 1 aliphatic rings. The van der Waals surface area contributed by atoms with Crippen LogP contribution >= 0.6 is 24.0 Å². The molecule has 0 amide bonds. The quantitative estimate of drug-likeness (QED) is 0.416. The van der Waals surface area contributed by atoms with Gasteiger partial charge in [0.25, 0.3) is 0 Å². The Kier molecular flexibility index (Phi) is 8.60. The fourth-order valence-electron chi connectivity index (χ4n) is 2.62. The Morgan fingerprint density at radius 2 is 1.76 bits per heavy atom. The smallest absolute Gasteiger partial charge is 0.390 e. The molecule has 1 heterocycles. The molecule has 0 aliphatic carbocycles. The number of aliphatic imine (C=N–C) groups is 1. The molecule has 0 saturated carbocycles. The highest BCUT2D eigenvalue weighted by Crippen LogP contribution is 2.21. The van der Waals surface area contributed by atoms with Crippen LogP contribution in [0.2, 0.25) is 0 Å². The Hall–Kier alpha value is -1.39. The lowest BCUT2D eigenvalue weighted by Crippen LogP contribution is -2.52. The second kappa shape index (κ2) is 9.93. The van der Waals surface area contributed by atoms with Crippen LogP contribution < -0.4 is 15.0 Å². The molecule has 2 rings (SSSR count). The number of alkyl halides is 3. The van der Waals surface area contributed by atoms with Gasteiger partial charge >= 0.3 is 6.18 Å². The lowest BCUT2D eigenvalue weighted by molar-refractivity contribution is -0.132. The third-order valence-electron chi connectivity index (χ3n) is 3.92. The van der Waals surface area contributed by atoms with Crippen LogP contribution in [0.1, 0.15) is 6.42 Å². The molecule has 0 aromatic heterocycles. The average molecular weight is 472 g/mol. The molecule has 0 radical (unpaired) electrons. The van der Waals surface area contributed by atoms with Gasteiger partial charge in [-0.3, -0.25) is 4.99 Å². The van der Waals surface area contributed by atoms with Crippen molar-refractivity contribution in [1.82, 2.24) is 10.2 Å². The Labute approximate surface area is 163 Å². The summed E-state index contributed by atoms with van der Waals surface area (Å²) in [4.78, 5) is 8.30. The molecule has 25 heavy (non-hydrogen) atoms. The van der Waals surface area contributed by atoms with Gasteiger partial charge in [0.2, 0.25) is 0 Å². The molecule has 0 spiro atoms. The molecule has 1 aliphatic heterocycles.